The number of aromatic nitrogens is 2. The molecule has 30 heavy (non-hydrogen) atoms. The van der Waals surface area contributed by atoms with E-state index in [4.69, 9.17) is 0 Å². The van der Waals surface area contributed by atoms with Gasteiger partial charge < -0.3 is 5.32 Å². The van der Waals surface area contributed by atoms with Gasteiger partial charge in [-0.2, -0.15) is 0 Å². The summed E-state index contributed by atoms with van der Waals surface area (Å²) in [5, 5.41) is 14.8. The highest BCUT2D eigenvalue weighted by Gasteiger charge is 2.14. The third kappa shape index (κ3) is 4.21. The van der Waals surface area contributed by atoms with Crippen molar-refractivity contribution >= 4 is 34.1 Å². The van der Waals surface area contributed by atoms with Crippen molar-refractivity contribution in [2.45, 2.75) is 25.8 Å². The number of anilines is 1. The summed E-state index contributed by atoms with van der Waals surface area (Å²) in [6, 6.07) is 22.3. The highest BCUT2D eigenvalue weighted by molar-refractivity contribution is 8.00. The van der Waals surface area contributed by atoms with Crippen molar-refractivity contribution < 1.29 is 4.79 Å². The molecule has 1 aromatic heterocycles. The largest absolute Gasteiger partial charge is 0.325 e. The molecule has 4 aromatic rings. The van der Waals surface area contributed by atoms with Gasteiger partial charge in [-0.05, 0) is 31.9 Å². The molecule has 1 N–H and O–H groups in total. The number of nitrogens with one attached hydrogen (secondary N) is 1. The van der Waals surface area contributed by atoms with Crippen molar-refractivity contribution in [1.29, 1.82) is 0 Å². The van der Waals surface area contributed by atoms with Gasteiger partial charge in [0, 0.05) is 22.0 Å². The van der Waals surface area contributed by atoms with Gasteiger partial charge in [0.1, 0.15) is 10.7 Å². The van der Waals surface area contributed by atoms with Gasteiger partial charge in [-0.3, -0.25) is 4.79 Å². The average molecular weight is 414 g/mol. The molecule has 3 aromatic carbocycles. The van der Waals surface area contributed by atoms with E-state index in [2.05, 4.69) is 40.6 Å². The number of rotatable bonds is 5. The van der Waals surface area contributed by atoms with Crippen molar-refractivity contribution in [3.05, 3.63) is 83.4 Å². The lowest BCUT2D eigenvalue weighted by Gasteiger charge is -2.13. The van der Waals surface area contributed by atoms with Crippen molar-refractivity contribution in [1.82, 2.24) is 10.2 Å². The summed E-state index contributed by atoms with van der Waals surface area (Å²) < 4.78 is 0. The lowest BCUT2D eigenvalue weighted by atomic mass is 10.1. The number of aryl methyl sites for hydroxylation is 3. The maximum Gasteiger partial charge on any atom is 0.234 e. The zero-order valence-corrected chi connectivity index (χ0v) is 18.1. The molecule has 1 amide bonds. The third-order valence-electron chi connectivity index (χ3n) is 4.98. The van der Waals surface area contributed by atoms with Crippen molar-refractivity contribution in [3.63, 3.8) is 0 Å². The first-order valence-electron chi connectivity index (χ1n) is 9.84. The van der Waals surface area contributed by atoms with Crippen molar-refractivity contribution in [2.75, 3.05) is 11.1 Å². The number of nitrogens with zero attached hydrogens (tertiary/aromatic N) is 2. The smallest absolute Gasteiger partial charge is 0.234 e. The second-order valence-electron chi connectivity index (χ2n) is 7.38. The fraction of sp³-hybridized carbons (Fsp3) is 0.160. The third-order valence-corrected chi connectivity index (χ3v) is 5.96. The molecule has 0 aliphatic rings. The summed E-state index contributed by atoms with van der Waals surface area (Å²) in [5.74, 6) is 0.226. The molecule has 0 atom stereocenters. The summed E-state index contributed by atoms with van der Waals surface area (Å²) in [7, 11) is 0. The quantitative estimate of drug-likeness (QED) is 0.411. The number of amides is 1. The van der Waals surface area contributed by atoms with Crippen LogP contribution in [0.5, 0.6) is 0 Å². The van der Waals surface area contributed by atoms with E-state index in [9.17, 15) is 4.79 Å². The lowest BCUT2D eigenvalue weighted by Crippen LogP contribution is -2.16. The summed E-state index contributed by atoms with van der Waals surface area (Å²) in [4.78, 5) is 12.6. The van der Waals surface area contributed by atoms with E-state index in [1.165, 1.54) is 17.3 Å². The number of benzene rings is 3. The monoisotopic (exact) mass is 413 g/mol. The molecule has 0 saturated heterocycles. The van der Waals surface area contributed by atoms with Crippen molar-refractivity contribution in [3.8, 4) is 11.3 Å². The van der Waals surface area contributed by atoms with Crippen LogP contribution < -0.4 is 5.32 Å². The molecule has 5 heteroatoms. The Kier molecular flexibility index (Phi) is 5.81. The van der Waals surface area contributed by atoms with Crippen LogP contribution in [0.3, 0.4) is 0 Å². The molecule has 0 aliphatic carbocycles. The Hall–Kier alpha value is -3.18. The Bertz CT molecular complexity index is 1200. The van der Waals surface area contributed by atoms with E-state index in [1.54, 1.807) is 0 Å². The summed E-state index contributed by atoms with van der Waals surface area (Å²) in [5.41, 5.74) is 6.11. The van der Waals surface area contributed by atoms with Crippen molar-refractivity contribution in [2.24, 2.45) is 0 Å². The maximum atomic E-state index is 12.6. The number of fused-ring (bicyclic) bond motifs is 1. The van der Waals surface area contributed by atoms with E-state index in [1.807, 2.05) is 62.4 Å². The van der Waals surface area contributed by atoms with E-state index >= 15 is 0 Å². The number of hydrogen-bond donors (Lipinski definition) is 1. The van der Waals surface area contributed by atoms with Gasteiger partial charge in [-0.1, -0.05) is 84.1 Å². The summed E-state index contributed by atoms with van der Waals surface area (Å²) >= 11 is 1.41. The number of carbonyl (C=O) groups is 1. The first kappa shape index (κ1) is 20.1. The maximum absolute atomic E-state index is 12.6. The number of hydrogen-bond acceptors (Lipinski definition) is 4. The van der Waals surface area contributed by atoms with Gasteiger partial charge in [-0.25, -0.2) is 0 Å². The van der Waals surface area contributed by atoms with E-state index in [-0.39, 0.29) is 11.7 Å². The minimum Gasteiger partial charge on any atom is -0.325 e. The van der Waals surface area contributed by atoms with Gasteiger partial charge >= 0.3 is 0 Å². The van der Waals surface area contributed by atoms with Crippen LogP contribution in [0.15, 0.2) is 71.8 Å². The average Bonchev–Trinajstić information content (AvgIpc) is 2.75. The van der Waals surface area contributed by atoms with E-state index in [0.717, 1.165) is 43.9 Å². The molecule has 150 valence electrons. The number of thioether (sulfide) groups is 1. The standard InChI is InChI=1S/C25H23N3OS/c1-16-13-17(2)23(18(3)14-16)26-22(29)15-30-25-21-12-8-7-11-20(21)24(27-28-25)19-9-5-4-6-10-19/h4-14H,15H2,1-3H3,(H,26,29). The lowest BCUT2D eigenvalue weighted by molar-refractivity contribution is -0.113. The first-order valence-corrected chi connectivity index (χ1v) is 10.8. The molecule has 0 aliphatic heterocycles. The van der Waals surface area contributed by atoms with Crippen LogP contribution in [-0.4, -0.2) is 21.9 Å². The second kappa shape index (κ2) is 8.67. The fourth-order valence-electron chi connectivity index (χ4n) is 3.68. The molecule has 0 unspecified atom stereocenters. The van der Waals surface area contributed by atoms with Gasteiger partial charge in [0.15, 0.2) is 0 Å². The van der Waals surface area contributed by atoms with Crippen LogP contribution in [0, 0.1) is 20.8 Å². The molecule has 1 heterocycles. The molecular formula is C25H23N3OS. The fourth-order valence-corrected chi connectivity index (χ4v) is 4.45. The molecule has 0 fully saturated rings. The Morgan fingerprint density at radius 1 is 0.867 bits per heavy atom. The van der Waals surface area contributed by atoms with Gasteiger partial charge in [0.25, 0.3) is 0 Å². The topological polar surface area (TPSA) is 54.9 Å². The minimum absolute atomic E-state index is 0.0481. The Labute approximate surface area is 180 Å². The molecule has 0 radical (unpaired) electrons. The zero-order valence-electron chi connectivity index (χ0n) is 17.3. The Balaban J connectivity index is 1.56. The van der Waals surface area contributed by atoms with Gasteiger partial charge in [-0.15, -0.1) is 10.2 Å². The Morgan fingerprint density at radius 2 is 1.50 bits per heavy atom. The predicted molar refractivity (Wildman–Crippen MR) is 125 cm³/mol. The molecule has 4 rings (SSSR count). The summed E-state index contributed by atoms with van der Waals surface area (Å²) in [6.45, 7) is 6.10. The van der Waals surface area contributed by atoms with Crippen LogP contribution in [0.2, 0.25) is 0 Å². The zero-order chi connectivity index (χ0) is 21.1. The van der Waals surface area contributed by atoms with E-state index in [0.29, 0.717) is 0 Å². The van der Waals surface area contributed by atoms with Gasteiger partial charge in [0.2, 0.25) is 5.91 Å². The summed E-state index contributed by atoms with van der Waals surface area (Å²) in [6.07, 6.45) is 0. The molecule has 0 spiro atoms. The predicted octanol–water partition coefficient (Wildman–Crippen LogP) is 5.95. The highest BCUT2D eigenvalue weighted by atomic mass is 32.2. The SMILES string of the molecule is Cc1cc(C)c(NC(=O)CSc2nnc(-c3ccccc3)c3ccccc23)c(C)c1. The van der Waals surface area contributed by atoms with Crippen LogP contribution >= 0.6 is 11.8 Å². The first-order chi connectivity index (χ1) is 14.5. The highest BCUT2D eigenvalue weighted by Crippen LogP contribution is 2.31. The van der Waals surface area contributed by atoms with Crippen LogP contribution in [0.25, 0.3) is 22.0 Å². The second-order valence-corrected chi connectivity index (χ2v) is 8.34. The number of carbonyl (C=O) groups excluding carboxylic acids is 1. The minimum atomic E-state index is -0.0481. The molecule has 0 bridgehead atoms. The van der Waals surface area contributed by atoms with E-state index < -0.39 is 0 Å². The Morgan fingerprint density at radius 3 is 2.20 bits per heavy atom. The molecule has 4 nitrogen and oxygen atoms in total. The molecule has 0 saturated carbocycles. The van der Waals surface area contributed by atoms with Crippen LogP contribution in [0.1, 0.15) is 16.7 Å². The van der Waals surface area contributed by atoms with Gasteiger partial charge in [0.05, 0.1) is 5.75 Å². The van der Waals surface area contributed by atoms with Crippen LogP contribution in [0.4, 0.5) is 5.69 Å². The normalized spacial score (nSPS) is 10.9. The molecular weight excluding hydrogens is 390 g/mol. The van der Waals surface area contributed by atoms with Crippen LogP contribution in [-0.2, 0) is 4.79 Å².